The van der Waals surface area contributed by atoms with Crippen molar-refractivity contribution < 1.29 is 9.52 Å². The summed E-state index contributed by atoms with van der Waals surface area (Å²) in [5, 5.41) is 10.1. The zero-order valence-corrected chi connectivity index (χ0v) is 11.8. The van der Waals surface area contributed by atoms with Crippen molar-refractivity contribution in [3.63, 3.8) is 0 Å². The number of hydrogen-bond donors (Lipinski definition) is 1. The second kappa shape index (κ2) is 3.89. The second-order valence-corrected chi connectivity index (χ2v) is 5.11. The summed E-state index contributed by atoms with van der Waals surface area (Å²) in [5.41, 5.74) is 0.916. The number of halogens is 2. The monoisotopic (exact) mass is 346 g/mol. The van der Waals surface area contributed by atoms with Crippen LogP contribution in [0.15, 0.2) is 24.2 Å². The predicted octanol–water partition coefficient (Wildman–Crippen LogP) is 3.64. The summed E-state index contributed by atoms with van der Waals surface area (Å²) in [6.45, 7) is 3.51. The van der Waals surface area contributed by atoms with Crippen LogP contribution < -0.4 is 5.43 Å². The molecule has 3 nitrogen and oxygen atoms in total. The molecule has 1 aromatic heterocycles. The molecular formula is C11H8Br2O3. The number of aryl methyl sites for hydroxylation is 1. The van der Waals surface area contributed by atoms with E-state index in [1.807, 2.05) is 6.92 Å². The van der Waals surface area contributed by atoms with Crippen molar-refractivity contribution in [3.05, 3.63) is 36.6 Å². The van der Waals surface area contributed by atoms with Gasteiger partial charge in [0.25, 0.3) is 0 Å². The topological polar surface area (TPSA) is 50.4 Å². The predicted molar refractivity (Wildman–Crippen MR) is 69.0 cm³/mol. The summed E-state index contributed by atoms with van der Waals surface area (Å²) < 4.78 is 6.64. The zero-order chi connectivity index (χ0) is 12.0. The largest absolute Gasteiger partial charge is 0.506 e. The molecule has 0 bridgehead atoms. The molecule has 1 N–H and O–H groups in total. The lowest BCUT2D eigenvalue weighted by Crippen LogP contribution is -2.02. The molecule has 0 radical (unpaired) electrons. The van der Waals surface area contributed by atoms with Crippen molar-refractivity contribution in [2.24, 2.45) is 0 Å². The lowest BCUT2D eigenvalue weighted by atomic mass is 10.1. The Hall–Kier alpha value is -0.810. The molecule has 0 spiro atoms. The van der Waals surface area contributed by atoms with Crippen LogP contribution in [0.3, 0.4) is 0 Å². The number of hydrogen-bond acceptors (Lipinski definition) is 3. The van der Waals surface area contributed by atoms with Gasteiger partial charge in [-0.05, 0) is 51.3 Å². The van der Waals surface area contributed by atoms with Gasteiger partial charge in [-0.25, -0.2) is 0 Å². The smallest absolute Gasteiger partial charge is 0.196 e. The molecular weight excluding hydrogens is 340 g/mol. The normalized spacial score (nSPS) is 11.0. The SMILES string of the molecule is Cc1cc(=O)c2c(O)c(Br)c(C)c(Br)c2o1. The van der Waals surface area contributed by atoms with E-state index in [-0.39, 0.29) is 16.6 Å². The Morgan fingerprint density at radius 2 is 1.88 bits per heavy atom. The molecule has 84 valence electrons. The van der Waals surface area contributed by atoms with Gasteiger partial charge in [0, 0.05) is 6.07 Å². The van der Waals surface area contributed by atoms with Crippen LogP contribution in [0.2, 0.25) is 0 Å². The van der Waals surface area contributed by atoms with Crippen molar-refractivity contribution in [2.75, 3.05) is 0 Å². The first-order chi connectivity index (χ1) is 7.43. The Bertz CT molecular complexity index is 644. The van der Waals surface area contributed by atoms with Gasteiger partial charge in [0.05, 0.1) is 8.95 Å². The van der Waals surface area contributed by atoms with Crippen LogP contribution in [0.25, 0.3) is 11.0 Å². The van der Waals surface area contributed by atoms with Crippen LogP contribution in [0, 0.1) is 13.8 Å². The second-order valence-electron chi connectivity index (χ2n) is 3.53. The van der Waals surface area contributed by atoms with Gasteiger partial charge >= 0.3 is 0 Å². The third-order valence-corrected chi connectivity index (χ3v) is 4.30. The third-order valence-electron chi connectivity index (χ3n) is 2.37. The van der Waals surface area contributed by atoms with Crippen LogP contribution >= 0.6 is 31.9 Å². The summed E-state index contributed by atoms with van der Waals surface area (Å²) in [6.07, 6.45) is 0. The van der Waals surface area contributed by atoms with Crippen molar-refractivity contribution in [1.29, 1.82) is 0 Å². The first kappa shape index (κ1) is 11.7. The van der Waals surface area contributed by atoms with Gasteiger partial charge in [0.15, 0.2) is 11.0 Å². The quantitative estimate of drug-likeness (QED) is 0.791. The first-order valence-corrected chi connectivity index (χ1v) is 6.13. The molecule has 2 rings (SSSR count). The van der Waals surface area contributed by atoms with E-state index < -0.39 is 0 Å². The molecule has 0 saturated carbocycles. The van der Waals surface area contributed by atoms with Crippen LogP contribution in [0.1, 0.15) is 11.3 Å². The standard InChI is InChI=1S/C11H8Br2O3/c1-4-3-6(14)7-10(15)8(12)5(2)9(13)11(7)16-4/h3,15H,1-2H3. The van der Waals surface area contributed by atoms with Crippen LogP contribution in [0.5, 0.6) is 5.75 Å². The van der Waals surface area contributed by atoms with E-state index in [1.54, 1.807) is 6.92 Å². The number of fused-ring (bicyclic) bond motifs is 1. The number of rotatable bonds is 0. The Kier molecular flexibility index (Phi) is 2.84. The highest BCUT2D eigenvalue weighted by Crippen LogP contribution is 2.39. The molecule has 0 amide bonds. The van der Waals surface area contributed by atoms with E-state index in [0.717, 1.165) is 5.56 Å². The third kappa shape index (κ3) is 1.58. The molecule has 0 fully saturated rings. The maximum Gasteiger partial charge on any atom is 0.196 e. The average Bonchev–Trinajstić information content (AvgIpc) is 2.22. The van der Waals surface area contributed by atoms with E-state index in [1.165, 1.54) is 6.07 Å². The minimum absolute atomic E-state index is 0.0792. The van der Waals surface area contributed by atoms with Crippen molar-refractivity contribution in [1.82, 2.24) is 0 Å². The van der Waals surface area contributed by atoms with Gasteiger partial charge in [0.1, 0.15) is 16.9 Å². The summed E-state index contributed by atoms with van der Waals surface area (Å²) in [4.78, 5) is 11.8. The van der Waals surface area contributed by atoms with E-state index in [0.29, 0.717) is 20.3 Å². The molecule has 0 unspecified atom stereocenters. The molecule has 5 heteroatoms. The van der Waals surface area contributed by atoms with Gasteiger partial charge in [-0.2, -0.15) is 0 Å². The Labute approximate surface area is 108 Å². The van der Waals surface area contributed by atoms with Gasteiger partial charge in [-0.1, -0.05) is 0 Å². The fraction of sp³-hybridized carbons (Fsp3) is 0.182. The molecule has 1 heterocycles. The van der Waals surface area contributed by atoms with E-state index >= 15 is 0 Å². The van der Waals surface area contributed by atoms with Crippen LogP contribution in [-0.4, -0.2) is 5.11 Å². The van der Waals surface area contributed by atoms with Crippen LogP contribution in [-0.2, 0) is 0 Å². The molecule has 0 aliphatic carbocycles. The zero-order valence-electron chi connectivity index (χ0n) is 8.60. The van der Waals surface area contributed by atoms with E-state index in [9.17, 15) is 9.90 Å². The molecule has 0 saturated heterocycles. The molecule has 0 aliphatic heterocycles. The first-order valence-electron chi connectivity index (χ1n) is 4.54. The van der Waals surface area contributed by atoms with E-state index in [2.05, 4.69) is 31.9 Å². The highest BCUT2D eigenvalue weighted by atomic mass is 79.9. The lowest BCUT2D eigenvalue weighted by molar-refractivity contribution is 0.474. The number of aromatic hydroxyl groups is 1. The van der Waals surface area contributed by atoms with Crippen LogP contribution in [0.4, 0.5) is 0 Å². The minimum Gasteiger partial charge on any atom is -0.506 e. The van der Waals surface area contributed by atoms with Gasteiger partial charge in [0.2, 0.25) is 0 Å². The number of benzene rings is 1. The summed E-state index contributed by atoms with van der Waals surface area (Å²) in [7, 11) is 0. The lowest BCUT2D eigenvalue weighted by Gasteiger charge is -2.09. The maximum atomic E-state index is 11.8. The van der Waals surface area contributed by atoms with Gasteiger partial charge < -0.3 is 9.52 Å². The van der Waals surface area contributed by atoms with Crippen molar-refractivity contribution >= 4 is 42.8 Å². The number of phenolic OH excluding ortho intramolecular Hbond substituents is 1. The van der Waals surface area contributed by atoms with Crippen molar-refractivity contribution in [2.45, 2.75) is 13.8 Å². The highest BCUT2D eigenvalue weighted by molar-refractivity contribution is 9.11. The molecule has 16 heavy (non-hydrogen) atoms. The fourth-order valence-corrected chi connectivity index (χ4v) is 2.68. The average molecular weight is 348 g/mol. The Morgan fingerprint density at radius 3 is 2.50 bits per heavy atom. The summed E-state index contributed by atoms with van der Waals surface area (Å²) >= 11 is 6.60. The summed E-state index contributed by atoms with van der Waals surface area (Å²) in [6, 6.07) is 1.36. The maximum absolute atomic E-state index is 11.8. The molecule has 2 aromatic rings. The van der Waals surface area contributed by atoms with Crippen molar-refractivity contribution in [3.8, 4) is 5.75 Å². The highest BCUT2D eigenvalue weighted by Gasteiger charge is 2.17. The number of phenols is 1. The summed E-state index contributed by atoms with van der Waals surface area (Å²) in [5.74, 6) is 0.434. The fourth-order valence-electron chi connectivity index (χ4n) is 1.54. The molecule has 0 aliphatic rings. The minimum atomic E-state index is -0.252. The Balaban J connectivity index is 3.15. The molecule has 0 atom stereocenters. The van der Waals surface area contributed by atoms with Gasteiger partial charge in [-0.15, -0.1) is 0 Å². The Morgan fingerprint density at radius 1 is 1.25 bits per heavy atom. The molecule has 1 aromatic carbocycles. The van der Waals surface area contributed by atoms with E-state index in [4.69, 9.17) is 4.42 Å². The van der Waals surface area contributed by atoms with Gasteiger partial charge in [-0.3, -0.25) is 4.79 Å².